The van der Waals surface area contributed by atoms with E-state index in [2.05, 4.69) is 13.5 Å². The molecule has 0 bridgehead atoms. The van der Waals surface area contributed by atoms with Gasteiger partial charge in [0.2, 0.25) is 0 Å². The van der Waals surface area contributed by atoms with Crippen molar-refractivity contribution in [1.82, 2.24) is 0 Å². The molecule has 304 valence electrons. The molecule has 0 N–H and O–H groups in total. The summed E-state index contributed by atoms with van der Waals surface area (Å²) in [6.45, 7) is 6.93. The van der Waals surface area contributed by atoms with Crippen LogP contribution in [0.4, 0.5) is 0 Å². The molecule has 0 aliphatic carbocycles. The largest absolute Gasteiger partial charge is 0.494 e. The maximum absolute atomic E-state index is 12.8. The molecule has 0 spiro atoms. The Morgan fingerprint density at radius 2 is 0.695 bits per heavy atom. The van der Waals surface area contributed by atoms with Gasteiger partial charge in [-0.3, -0.25) is 0 Å². The fourth-order valence-electron chi connectivity index (χ4n) is 5.25. The molecule has 0 radical (unpaired) electrons. The minimum atomic E-state index is -0.647. The first kappa shape index (κ1) is 42.9. The van der Waals surface area contributed by atoms with E-state index in [1.807, 2.05) is 0 Å². The molecule has 0 amide bonds. The van der Waals surface area contributed by atoms with E-state index in [-0.39, 0.29) is 34.1 Å². The molecule has 5 aromatic carbocycles. The molecule has 0 aliphatic rings. The molecule has 0 atom stereocenters. The van der Waals surface area contributed by atoms with Crippen molar-refractivity contribution in [3.05, 3.63) is 156 Å². The highest BCUT2D eigenvalue weighted by Crippen LogP contribution is 2.23. The molecule has 0 fully saturated rings. The smallest absolute Gasteiger partial charge is 0.343 e. The van der Waals surface area contributed by atoms with Crippen LogP contribution in [0.25, 0.3) is 0 Å². The van der Waals surface area contributed by atoms with E-state index >= 15 is 0 Å². The minimum Gasteiger partial charge on any atom is -0.494 e. The van der Waals surface area contributed by atoms with Gasteiger partial charge in [0, 0.05) is 6.08 Å². The van der Waals surface area contributed by atoms with Crippen molar-refractivity contribution >= 4 is 29.8 Å². The van der Waals surface area contributed by atoms with Crippen molar-refractivity contribution in [3.63, 3.8) is 0 Å². The zero-order chi connectivity index (χ0) is 41.8. The van der Waals surface area contributed by atoms with Crippen molar-refractivity contribution in [2.45, 2.75) is 45.4 Å². The lowest BCUT2D eigenvalue weighted by molar-refractivity contribution is -0.137. The van der Waals surface area contributed by atoms with Gasteiger partial charge in [-0.2, -0.15) is 0 Å². The van der Waals surface area contributed by atoms with Crippen LogP contribution in [0.2, 0.25) is 0 Å². The maximum Gasteiger partial charge on any atom is 0.343 e. The Morgan fingerprint density at radius 1 is 0.407 bits per heavy atom. The SMILES string of the molecule is C=CC(=O)OCCCCCCOc1ccc(C(=O)Oc2ccc(C(=O)Oc3ccc(OC(=O)c4ccc(OC(=O)c5ccc(OCCCC)cc5)cc4)cc3)cc2)cc1. The summed E-state index contributed by atoms with van der Waals surface area (Å²) in [5.74, 6) is -0.604. The zero-order valence-corrected chi connectivity index (χ0v) is 32.6. The first-order valence-corrected chi connectivity index (χ1v) is 19.1. The molecule has 12 nitrogen and oxygen atoms in total. The highest BCUT2D eigenvalue weighted by Gasteiger charge is 2.15. The summed E-state index contributed by atoms with van der Waals surface area (Å²) >= 11 is 0. The Balaban J connectivity index is 1.01. The van der Waals surface area contributed by atoms with Gasteiger partial charge in [0.05, 0.1) is 42.1 Å². The highest BCUT2D eigenvalue weighted by atomic mass is 16.6. The second kappa shape index (κ2) is 22.5. The summed E-state index contributed by atoms with van der Waals surface area (Å²) in [6, 6.07) is 31.1. The molecule has 0 aliphatic heterocycles. The summed E-state index contributed by atoms with van der Waals surface area (Å²) in [4.78, 5) is 61.8. The van der Waals surface area contributed by atoms with Crippen LogP contribution in [0, 0.1) is 0 Å². The molecule has 0 heterocycles. The van der Waals surface area contributed by atoms with Crippen LogP contribution in [0.1, 0.15) is 86.9 Å². The van der Waals surface area contributed by atoms with Gasteiger partial charge in [0.25, 0.3) is 0 Å². The number of esters is 5. The van der Waals surface area contributed by atoms with Crippen LogP contribution in [0.3, 0.4) is 0 Å². The first-order valence-electron chi connectivity index (χ1n) is 19.1. The number of benzene rings is 5. The lowest BCUT2D eigenvalue weighted by atomic mass is 10.2. The third-order valence-corrected chi connectivity index (χ3v) is 8.51. The topological polar surface area (TPSA) is 150 Å². The number of carbonyl (C=O) groups excluding carboxylic acids is 5. The summed E-state index contributed by atoms with van der Waals surface area (Å²) in [5, 5.41) is 0. The fourth-order valence-corrected chi connectivity index (χ4v) is 5.25. The molecule has 0 aromatic heterocycles. The van der Waals surface area contributed by atoms with Gasteiger partial charge in [-0.25, -0.2) is 24.0 Å². The van der Waals surface area contributed by atoms with Crippen LogP contribution < -0.4 is 28.4 Å². The van der Waals surface area contributed by atoms with Crippen LogP contribution in [0.15, 0.2) is 134 Å². The standard InChI is InChI=1S/C47H44O12/c1-3-5-30-53-37-18-10-33(11-19-37)44(49)56-39-22-14-35(15-23-39)46(51)58-41-26-28-42(29-27-41)59-47(52)36-16-24-40(25-17-36)57-45(50)34-12-20-38(21-13-34)54-31-8-6-7-9-32-55-43(48)4-2/h4,10-29H,2-3,5-9,30-32H2,1H3. The van der Waals surface area contributed by atoms with Gasteiger partial charge in [-0.1, -0.05) is 19.9 Å². The highest BCUT2D eigenvalue weighted by molar-refractivity contribution is 5.94. The van der Waals surface area contributed by atoms with E-state index in [1.54, 1.807) is 48.5 Å². The van der Waals surface area contributed by atoms with Gasteiger partial charge in [0.15, 0.2) is 0 Å². The quantitative estimate of drug-likeness (QED) is 0.0301. The first-order chi connectivity index (χ1) is 28.7. The van der Waals surface area contributed by atoms with Crippen molar-refractivity contribution in [1.29, 1.82) is 0 Å². The molecule has 5 aromatic rings. The molecular weight excluding hydrogens is 757 g/mol. The molecule has 0 saturated carbocycles. The summed E-state index contributed by atoms with van der Waals surface area (Å²) < 4.78 is 38.1. The van der Waals surface area contributed by atoms with Gasteiger partial charge >= 0.3 is 29.8 Å². The van der Waals surface area contributed by atoms with E-state index in [0.29, 0.717) is 42.4 Å². The van der Waals surface area contributed by atoms with E-state index in [4.69, 9.17) is 33.2 Å². The maximum atomic E-state index is 12.8. The molecule has 0 unspecified atom stereocenters. The Kier molecular flexibility index (Phi) is 16.4. The Bertz CT molecular complexity index is 2160. The fraction of sp³-hybridized carbons (Fsp3) is 0.213. The van der Waals surface area contributed by atoms with Gasteiger partial charge in [-0.15, -0.1) is 0 Å². The number of hydrogen-bond acceptors (Lipinski definition) is 12. The van der Waals surface area contributed by atoms with E-state index in [9.17, 15) is 24.0 Å². The van der Waals surface area contributed by atoms with E-state index in [0.717, 1.165) is 44.6 Å². The number of unbranched alkanes of at least 4 members (excludes halogenated alkanes) is 4. The van der Waals surface area contributed by atoms with Crippen LogP contribution >= 0.6 is 0 Å². The van der Waals surface area contributed by atoms with Crippen molar-refractivity contribution in [3.8, 4) is 34.5 Å². The van der Waals surface area contributed by atoms with Crippen LogP contribution in [0.5, 0.6) is 34.5 Å². The minimum absolute atomic E-state index is 0.214. The number of ether oxygens (including phenoxy) is 7. The predicted octanol–water partition coefficient (Wildman–Crippen LogP) is 9.41. The van der Waals surface area contributed by atoms with E-state index < -0.39 is 29.8 Å². The summed E-state index contributed by atoms with van der Waals surface area (Å²) in [6.07, 6.45) is 6.55. The molecule has 5 rings (SSSR count). The average molecular weight is 801 g/mol. The normalized spacial score (nSPS) is 10.5. The molecule has 0 saturated heterocycles. The van der Waals surface area contributed by atoms with Crippen molar-refractivity contribution in [2.75, 3.05) is 19.8 Å². The summed E-state index contributed by atoms with van der Waals surface area (Å²) in [5.41, 5.74) is 1.13. The van der Waals surface area contributed by atoms with Gasteiger partial charge in [-0.05, 0) is 153 Å². The van der Waals surface area contributed by atoms with Crippen molar-refractivity contribution in [2.24, 2.45) is 0 Å². The average Bonchev–Trinajstić information content (AvgIpc) is 3.26. The predicted molar refractivity (Wildman–Crippen MR) is 218 cm³/mol. The Morgan fingerprint density at radius 3 is 1.02 bits per heavy atom. The summed E-state index contributed by atoms with van der Waals surface area (Å²) in [7, 11) is 0. The number of carbonyl (C=O) groups is 5. The third kappa shape index (κ3) is 14.0. The lowest BCUT2D eigenvalue weighted by Crippen LogP contribution is -2.11. The number of rotatable bonds is 21. The van der Waals surface area contributed by atoms with Crippen molar-refractivity contribution < 1.29 is 57.1 Å². The zero-order valence-electron chi connectivity index (χ0n) is 32.6. The molecule has 59 heavy (non-hydrogen) atoms. The van der Waals surface area contributed by atoms with Gasteiger partial charge < -0.3 is 33.2 Å². The van der Waals surface area contributed by atoms with E-state index in [1.165, 1.54) is 72.8 Å². The monoisotopic (exact) mass is 800 g/mol. The third-order valence-electron chi connectivity index (χ3n) is 8.51. The Hall–Kier alpha value is -7.21. The van der Waals surface area contributed by atoms with Crippen LogP contribution in [-0.2, 0) is 9.53 Å². The second-order valence-corrected chi connectivity index (χ2v) is 13.0. The molecule has 12 heteroatoms. The lowest BCUT2D eigenvalue weighted by Gasteiger charge is -2.09. The molecular formula is C47H44O12. The Labute approximate surface area is 342 Å². The van der Waals surface area contributed by atoms with Gasteiger partial charge in [0.1, 0.15) is 34.5 Å². The second-order valence-electron chi connectivity index (χ2n) is 13.0. The van der Waals surface area contributed by atoms with Crippen LogP contribution in [-0.4, -0.2) is 49.7 Å². The number of hydrogen-bond donors (Lipinski definition) is 0.